The third kappa shape index (κ3) is 13.0. The third-order valence-electron chi connectivity index (χ3n) is 4.61. The van der Waals surface area contributed by atoms with Crippen molar-refractivity contribution in [2.24, 2.45) is 0 Å². The van der Waals surface area contributed by atoms with E-state index in [0.717, 1.165) is 10.8 Å². The monoisotopic (exact) mass is 572 g/mol. The predicted octanol–water partition coefficient (Wildman–Crippen LogP) is -0.615. The maximum atomic E-state index is 12.6. The molecule has 1 aromatic carbocycles. The van der Waals surface area contributed by atoms with Gasteiger partial charge in [0.25, 0.3) is 6.47 Å². The van der Waals surface area contributed by atoms with Crippen molar-refractivity contribution in [1.82, 2.24) is 16.0 Å². The van der Waals surface area contributed by atoms with Gasteiger partial charge in [-0.3, -0.25) is 28.8 Å². The van der Waals surface area contributed by atoms with Crippen LogP contribution in [0.4, 0.5) is 5.69 Å². The minimum Gasteiger partial charge on any atom is -0.481 e. The van der Waals surface area contributed by atoms with Gasteiger partial charge in [-0.25, -0.2) is 4.79 Å². The summed E-state index contributed by atoms with van der Waals surface area (Å²) in [5, 5.41) is 27.8. The molecule has 0 unspecified atom stereocenters. The number of ether oxygens (including phenoxy) is 1. The number of carbonyl (C=O) groups excluding carboxylic acids is 5. The molecule has 0 spiro atoms. The molecule has 14 nitrogen and oxygen atoms in total. The van der Waals surface area contributed by atoms with E-state index in [4.69, 9.17) is 5.11 Å². The van der Waals surface area contributed by atoms with Crippen LogP contribution >= 0.6 is 21.6 Å². The molecule has 1 rings (SSSR count). The molecule has 6 N–H and O–H groups in total. The van der Waals surface area contributed by atoms with E-state index in [9.17, 15) is 38.7 Å². The highest BCUT2D eigenvalue weighted by Crippen LogP contribution is 2.21. The Morgan fingerprint density at radius 3 is 2.21 bits per heavy atom. The van der Waals surface area contributed by atoms with Gasteiger partial charge in [0.1, 0.15) is 24.7 Å². The number of hydrogen-bond acceptors (Lipinski definition) is 10. The predicted molar refractivity (Wildman–Crippen MR) is 138 cm³/mol. The van der Waals surface area contributed by atoms with E-state index in [0.29, 0.717) is 29.9 Å². The zero-order valence-corrected chi connectivity index (χ0v) is 21.8. The van der Waals surface area contributed by atoms with Crippen LogP contribution in [-0.2, 0) is 44.7 Å². The average molecular weight is 573 g/mol. The summed E-state index contributed by atoms with van der Waals surface area (Å²) in [6, 6.07) is 2.23. The van der Waals surface area contributed by atoms with Crippen LogP contribution in [-0.4, -0.2) is 89.0 Å². The molecular weight excluding hydrogens is 544 g/mol. The molecule has 208 valence electrons. The van der Waals surface area contributed by atoms with Crippen LogP contribution in [0, 0.1) is 0 Å². The van der Waals surface area contributed by atoms with Crippen molar-refractivity contribution in [1.29, 1.82) is 0 Å². The molecule has 0 saturated carbocycles. The summed E-state index contributed by atoms with van der Waals surface area (Å²) < 4.78 is 4.51. The Hall–Kier alpha value is -3.79. The van der Waals surface area contributed by atoms with E-state index >= 15 is 0 Å². The summed E-state index contributed by atoms with van der Waals surface area (Å²) in [5.74, 6) is -4.71. The van der Waals surface area contributed by atoms with E-state index in [1.54, 1.807) is 24.3 Å². The lowest BCUT2D eigenvalue weighted by molar-refractivity contribution is -0.142. The number of carboxylic acids is 2. The first-order chi connectivity index (χ1) is 18.1. The van der Waals surface area contributed by atoms with Crippen LogP contribution in [0.1, 0.15) is 18.9 Å². The Balaban J connectivity index is 2.67. The molecule has 0 aromatic heterocycles. The van der Waals surface area contributed by atoms with Gasteiger partial charge in [-0.05, 0) is 24.6 Å². The summed E-state index contributed by atoms with van der Waals surface area (Å²) in [4.78, 5) is 80.8. The first-order valence-electron chi connectivity index (χ1n) is 11.0. The van der Waals surface area contributed by atoms with Crippen LogP contribution in [0.3, 0.4) is 0 Å². The molecule has 0 saturated heterocycles. The summed E-state index contributed by atoms with van der Waals surface area (Å²) >= 11 is 0. The summed E-state index contributed by atoms with van der Waals surface area (Å²) in [5.41, 5.74) is 1.04. The van der Waals surface area contributed by atoms with Gasteiger partial charge in [0.05, 0.1) is 12.8 Å². The Bertz CT molecular complexity index is 993. The number of nitrogens with one attached hydrogen (secondary N) is 4. The third-order valence-corrected chi connectivity index (χ3v) is 6.99. The van der Waals surface area contributed by atoms with Gasteiger partial charge < -0.3 is 36.2 Å². The number of aliphatic carboxylic acids is 2. The van der Waals surface area contributed by atoms with E-state index < -0.39 is 54.2 Å². The van der Waals surface area contributed by atoms with Crippen LogP contribution in [0.5, 0.6) is 0 Å². The zero-order chi connectivity index (χ0) is 28.5. The number of benzene rings is 1. The SMILES string of the molecule is C[C@H](NC(=O)[C@H](CC(=O)O)NC(=O)Cc1ccc(NC=O)cc1)C(=O)N[C@@H](CSSCCOC=O)C(=O)O. The van der Waals surface area contributed by atoms with Gasteiger partial charge >= 0.3 is 11.9 Å². The molecule has 0 fully saturated rings. The van der Waals surface area contributed by atoms with Crippen LogP contribution in [0.25, 0.3) is 0 Å². The molecule has 3 atom stereocenters. The maximum absolute atomic E-state index is 12.6. The van der Waals surface area contributed by atoms with Gasteiger partial charge in [-0.1, -0.05) is 33.7 Å². The topological polar surface area (TPSA) is 217 Å². The van der Waals surface area contributed by atoms with E-state index in [2.05, 4.69) is 26.0 Å². The molecule has 1 aromatic rings. The average Bonchev–Trinajstić information content (AvgIpc) is 2.85. The fourth-order valence-electron chi connectivity index (χ4n) is 2.76. The van der Waals surface area contributed by atoms with E-state index in [-0.39, 0.29) is 18.8 Å². The number of amides is 4. The first-order valence-corrected chi connectivity index (χ1v) is 13.5. The minimum absolute atomic E-state index is 0.0165. The van der Waals surface area contributed by atoms with Crippen molar-refractivity contribution in [2.45, 2.75) is 37.9 Å². The number of carboxylic acid groups (broad SMARTS) is 2. The lowest BCUT2D eigenvalue weighted by Gasteiger charge is -2.21. The quantitative estimate of drug-likeness (QED) is 0.0695. The normalized spacial score (nSPS) is 12.7. The number of anilines is 1. The van der Waals surface area contributed by atoms with Gasteiger partial charge in [0, 0.05) is 17.2 Å². The van der Waals surface area contributed by atoms with Crippen LogP contribution < -0.4 is 21.3 Å². The fourth-order valence-corrected chi connectivity index (χ4v) is 4.75. The number of hydrogen-bond donors (Lipinski definition) is 6. The lowest BCUT2D eigenvalue weighted by Crippen LogP contribution is -2.55. The van der Waals surface area contributed by atoms with Crippen LogP contribution in [0.15, 0.2) is 24.3 Å². The standard InChI is InChI=1S/C22H28N4O10S2/c1-13(20(32)26-17(22(34)35)10-38-37-7-6-36-12-28)24-21(33)16(9-19(30)31)25-18(29)8-14-2-4-15(5-3-14)23-11-27/h2-5,11-13,16-17H,6-10H2,1H3,(H,23,27)(H,24,33)(H,25,29)(H,26,32)(H,30,31)(H,34,35)/t13-,16-,17-/m0/s1. The van der Waals surface area contributed by atoms with Crippen molar-refractivity contribution < 1.29 is 48.5 Å². The van der Waals surface area contributed by atoms with Gasteiger partial charge in [0.15, 0.2) is 0 Å². The van der Waals surface area contributed by atoms with Gasteiger partial charge in [-0.2, -0.15) is 0 Å². The largest absolute Gasteiger partial charge is 0.481 e. The van der Waals surface area contributed by atoms with E-state index in [1.807, 2.05) is 0 Å². The van der Waals surface area contributed by atoms with Gasteiger partial charge in [0.2, 0.25) is 24.1 Å². The van der Waals surface area contributed by atoms with E-state index in [1.165, 1.54) is 17.7 Å². The molecule has 0 aliphatic carbocycles. The Labute approximate surface area is 225 Å². The van der Waals surface area contributed by atoms with Crippen molar-refractivity contribution in [3.8, 4) is 0 Å². The second-order valence-electron chi connectivity index (χ2n) is 7.56. The molecule has 0 aliphatic heterocycles. The summed E-state index contributed by atoms with van der Waals surface area (Å²) in [7, 11) is 2.38. The van der Waals surface area contributed by atoms with Crippen molar-refractivity contribution in [2.75, 3.05) is 23.4 Å². The molecule has 0 bridgehead atoms. The molecular formula is C22H28N4O10S2. The molecule has 0 aliphatic rings. The highest BCUT2D eigenvalue weighted by Gasteiger charge is 2.28. The van der Waals surface area contributed by atoms with Crippen molar-refractivity contribution in [3.63, 3.8) is 0 Å². The molecule has 4 amide bonds. The highest BCUT2D eigenvalue weighted by atomic mass is 33.1. The molecule has 0 radical (unpaired) electrons. The molecule has 16 heteroatoms. The smallest absolute Gasteiger partial charge is 0.327 e. The fraction of sp³-hybridized carbons (Fsp3) is 0.409. The lowest BCUT2D eigenvalue weighted by atomic mass is 10.1. The number of carbonyl (C=O) groups is 7. The maximum Gasteiger partial charge on any atom is 0.327 e. The highest BCUT2D eigenvalue weighted by molar-refractivity contribution is 8.76. The zero-order valence-electron chi connectivity index (χ0n) is 20.2. The Morgan fingerprint density at radius 2 is 1.63 bits per heavy atom. The second kappa shape index (κ2) is 17.6. The van der Waals surface area contributed by atoms with Crippen molar-refractivity contribution >= 4 is 69.8 Å². The summed E-state index contributed by atoms with van der Waals surface area (Å²) in [6.07, 6.45) is -0.445. The summed E-state index contributed by atoms with van der Waals surface area (Å²) in [6.45, 7) is 1.72. The van der Waals surface area contributed by atoms with Crippen LogP contribution in [0.2, 0.25) is 0 Å². The molecule has 38 heavy (non-hydrogen) atoms. The minimum atomic E-state index is -1.50. The first kappa shape index (κ1) is 32.2. The second-order valence-corrected chi connectivity index (χ2v) is 10.2. The number of rotatable bonds is 19. The molecule has 0 heterocycles. The van der Waals surface area contributed by atoms with Gasteiger partial charge in [-0.15, -0.1) is 0 Å². The Morgan fingerprint density at radius 1 is 0.947 bits per heavy atom. The Kier molecular flexibility index (Phi) is 15.0. The van der Waals surface area contributed by atoms with Crippen molar-refractivity contribution in [3.05, 3.63) is 29.8 Å².